The molecule has 1 aliphatic rings. The van der Waals surface area contributed by atoms with Gasteiger partial charge in [-0.25, -0.2) is 9.18 Å². The lowest BCUT2D eigenvalue weighted by atomic mass is 10.3. The van der Waals surface area contributed by atoms with Gasteiger partial charge in [-0.1, -0.05) is 32.6 Å². The van der Waals surface area contributed by atoms with E-state index in [4.69, 9.17) is 0 Å². The largest absolute Gasteiger partial charge is 0.340 e. The fraction of sp³-hybridized carbons (Fsp3) is 0.500. The first-order chi connectivity index (χ1) is 14.7. The molecule has 8 nitrogen and oxygen atoms in total. The number of imidazole rings is 1. The quantitative estimate of drug-likeness (QED) is 0.694. The molecule has 172 valence electrons. The summed E-state index contributed by atoms with van der Waals surface area (Å²) in [6.07, 6.45) is 5.73. The van der Waals surface area contributed by atoms with Crippen molar-refractivity contribution in [2.75, 3.05) is 38.1 Å². The van der Waals surface area contributed by atoms with Crippen LogP contribution in [0.2, 0.25) is 0 Å². The Kier molecular flexibility index (Phi) is 10.1. The average molecular weight is 435 g/mol. The van der Waals surface area contributed by atoms with Crippen LogP contribution < -0.4 is 16.1 Å². The molecule has 0 atom stereocenters. The molecule has 2 aromatic rings. The van der Waals surface area contributed by atoms with Crippen LogP contribution in [-0.2, 0) is 21.1 Å². The van der Waals surface area contributed by atoms with Crippen LogP contribution in [0.5, 0.6) is 0 Å². The van der Waals surface area contributed by atoms with Crippen LogP contribution in [0.4, 0.5) is 10.3 Å². The van der Waals surface area contributed by atoms with Crippen molar-refractivity contribution in [3.05, 3.63) is 57.5 Å². The summed E-state index contributed by atoms with van der Waals surface area (Å²) < 4.78 is 16.5. The van der Waals surface area contributed by atoms with Crippen molar-refractivity contribution in [2.45, 2.75) is 20.8 Å². The summed E-state index contributed by atoms with van der Waals surface area (Å²) in [6.45, 7) is 12.7. The fourth-order valence-corrected chi connectivity index (χ4v) is 3.12. The Morgan fingerprint density at radius 1 is 1.00 bits per heavy atom. The monoisotopic (exact) mass is 434 g/mol. The molecule has 3 rings (SSSR count). The number of allylic oxidation sites excluding steroid dienone is 5. The van der Waals surface area contributed by atoms with Gasteiger partial charge in [-0.2, -0.15) is 4.98 Å². The smallest absolute Gasteiger partial charge is 0.332 e. The number of rotatable bonds is 3. The molecule has 0 spiro atoms. The Labute approximate surface area is 183 Å². The molecule has 31 heavy (non-hydrogen) atoms. The highest BCUT2D eigenvalue weighted by Gasteiger charge is 2.22. The SMILES string of the molecule is C=C/C=C(F)\C=C/C.CC.CN1CCN(c2nc3c(c(=O)n(C)c(=O)n3C)n2C)CC1. The number of likely N-dealkylation sites (N-methyl/N-ethyl adjacent to an activating group) is 1. The molecular formula is C22H35FN6O2. The number of hydrogen-bond donors (Lipinski definition) is 0. The third-order valence-corrected chi connectivity index (χ3v) is 4.84. The van der Waals surface area contributed by atoms with E-state index in [-0.39, 0.29) is 17.1 Å². The number of nitrogens with zero attached hydrogens (tertiary/aromatic N) is 6. The molecule has 9 heteroatoms. The summed E-state index contributed by atoms with van der Waals surface area (Å²) in [6, 6.07) is 0. The van der Waals surface area contributed by atoms with Gasteiger partial charge in [-0.05, 0) is 26.1 Å². The highest BCUT2D eigenvalue weighted by Crippen LogP contribution is 2.18. The first-order valence-corrected chi connectivity index (χ1v) is 10.4. The second-order valence-electron chi connectivity index (χ2n) is 6.93. The van der Waals surface area contributed by atoms with Crippen molar-refractivity contribution in [1.82, 2.24) is 23.6 Å². The zero-order chi connectivity index (χ0) is 23.7. The Bertz CT molecular complexity index is 1050. The maximum absolute atomic E-state index is 12.3. The van der Waals surface area contributed by atoms with Gasteiger partial charge in [0.05, 0.1) is 0 Å². The number of fused-ring (bicyclic) bond motifs is 1. The maximum atomic E-state index is 12.3. The van der Waals surface area contributed by atoms with Gasteiger partial charge < -0.3 is 14.4 Å². The van der Waals surface area contributed by atoms with E-state index in [0.717, 1.165) is 36.7 Å². The van der Waals surface area contributed by atoms with Gasteiger partial charge in [0.2, 0.25) is 5.95 Å². The summed E-state index contributed by atoms with van der Waals surface area (Å²) in [5, 5.41) is 0. The molecular weight excluding hydrogens is 399 g/mol. The second-order valence-corrected chi connectivity index (χ2v) is 6.93. The second kappa shape index (κ2) is 12.0. The standard InChI is InChI=1S/C13H20N6O2.C7H9F.C2H6/c1-15-5-7-19(8-6-15)12-14-10-9(16(12)2)11(20)18(4)13(21)17(10)3;1-3-5-7(8)6-4-2;1-2/h5-8H2,1-4H3;3-6H,1H2,2H3;1-2H3/b;6-4-,7-5+;. The summed E-state index contributed by atoms with van der Waals surface area (Å²) >= 11 is 0. The lowest BCUT2D eigenvalue weighted by Gasteiger charge is -2.32. The number of anilines is 1. The molecule has 3 heterocycles. The minimum atomic E-state index is -0.351. The Morgan fingerprint density at radius 2 is 1.58 bits per heavy atom. The molecule has 0 unspecified atom stereocenters. The molecule has 1 fully saturated rings. The van der Waals surface area contributed by atoms with E-state index in [0.29, 0.717) is 11.2 Å². The molecule has 0 aromatic carbocycles. The first kappa shape index (κ1) is 26.1. The first-order valence-electron chi connectivity index (χ1n) is 10.4. The Morgan fingerprint density at radius 3 is 2.10 bits per heavy atom. The van der Waals surface area contributed by atoms with Crippen LogP contribution in [0.25, 0.3) is 11.2 Å². The van der Waals surface area contributed by atoms with Gasteiger partial charge in [0, 0.05) is 47.3 Å². The number of aryl methyl sites for hydroxylation is 2. The van der Waals surface area contributed by atoms with Crippen molar-refractivity contribution in [2.24, 2.45) is 21.1 Å². The van der Waals surface area contributed by atoms with Crippen LogP contribution in [0, 0.1) is 0 Å². The van der Waals surface area contributed by atoms with Gasteiger partial charge in [0.1, 0.15) is 5.83 Å². The van der Waals surface area contributed by atoms with Gasteiger partial charge in [-0.15, -0.1) is 0 Å². The van der Waals surface area contributed by atoms with E-state index in [1.54, 1.807) is 24.6 Å². The third-order valence-electron chi connectivity index (χ3n) is 4.84. The summed E-state index contributed by atoms with van der Waals surface area (Å²) in [5.74, 6) is 0.485. The minimum absolute atomic E-state index is 0.262. The molecule has 0 aliphatic carbocycles. The summed E-state index contributed by atoms with van der Waals surface area (Å²) in [5.41, 5.74) is 0.257. The van der Waals surface area contributed by atoms with Gasteiger partial charge >= 0.3 is 5.69 Å². The van der Waals surface area contributed by atoms with Crippen LogP contribution >= 0.6 is 0 Å². The molecule has 0 bridgehead atoms. The summed E-state index contributed by atoms with van der Waals surface area (Å²) in [4.78, 5) is 33.3. The molecule has 1 saturated heterocycles. The molecule has 2 aromatic heterocycles. The van der Waals surface area contributed by atoms with Crippen molar-refractivity contribution >= 4 is 17.1 Å². The third kappa shape index (κ3) is 6.04. The maximum Gasteiger partial charge on any atom is 0.332 e. The van der Waals surface area contributed by atoms with Crippen molar-refractivity contribution < 1.29 is 4.39 Å². The van der Waals surface area contributed by atoms with Gasteiger partial charge in [0.25, 0.3) is 5.56 Å². The minimum Gasteiger partial charge on any atom is -0.340 e. The number of halogens is 1. The number of piperazine rings is 1. The predicted octanol–water partition coefficient (Wildman–Crippen LogP) is 2.35. The van der Waals surface area contributed by atoms with Gasteiger partial charge in [0.15, 0.2) is 11.2 Å². The van der Waals surface area contributed by atoms with Crippen LogP contribution in [0.3, 0.4) is 0 Å². The van der Waals surface area contributed by atoms with Crippen molar-refractivity contribution in [1.29, 1.82) is 0 Å². The Hall–Kier alpha value is -2.94. The summed E-state index contributed by atoms with van der Waals surface area (Å²) in [7, 11) is 7.05. The van der Waals surface area contributed by atoms with Crippen LogP contribution in [0.1, 0.15) is 20.8 Å². The van der Waals surface area contributed by atoms with Crippen molar-refractivity contribution in [3.63, 3.8) is 0 Å². The van der Waals surface area contributed by atoms with E-state index in [2.05, 4.69) is 28.4 Å². The van der Waals surface area contributed by atoms with E-state index in [9.17, 15) is 14.0 Å². The van der Waals surface area contributed by atoms with E-state index < -0.39 is 0 Å². The van der Waals surface area contributed by atoms with Gasteiger partial charge in [-0.3, -0.25) is 13.9 Å². The molecule has 0 N–H and O–H groups in total. The lowest BCUT2D eigenvalue weighted by molar-refractivity contribution is 0.310. The number of hydrogen-bond acceptors (Lipinski definition) is 5. The zero-order valence-corrected chi connectivity index (χ0v) is 19.7. The van der Waals surface area contributed by atoms with E-state index >= 15 is 0 Å². The zero-order valence-electron chi connectivity index (χ0n) is 19.7. The molecule has 0 radical (unpaired) electrons. The number of aromatic nitrogens is 4. The predicted molar refractivity (Wildman–Crippen MR) is 126 cm³/mol. The molecule has 0 amide bonds. The van der Waals surface area contributed by atoms with Crippen molar-refractivity contribution in [3.8, 4) is 0 Å². The fourth-order valence-electron chi connectivity index (χ4n) is 3.12. The molecule has 0 saturated carbocycles. The highest BCUT2D eigenvalue weighted by molar-refractivity contribution is 5.74. The van der Waals surface area contributed by atoms with E-state index in [1.807, 2.05) is 20.9 Å². The average Bonchev–Trinajstić information content (AvgIpc) is 3.11. The lowest BCUT2D eigenvalue weighted by Crippen LogP contribution is -2.45. The van der Waals surface area contributed by atoms with Crippen LogP contribution in [0.15, 0.2) is 46.3 Å². The molecule has 1 aliphatic heterocycles. The topological polar surface area (TPSA) is 68.3 Å². The Balaban J connectivity index is 0.000000409. The highest BCUT2D eigenvalue weighted by atomic mass is 19.1. The van der Waals surface area contributed by atoms with Crippen LogP contribution in [-0.4, -0.2) is 56.8 Å². The normalized spacial score (nSPS) is 14.8. The van der Waals surface area contributed by atoms with E-state index in [1.165, 1.54) is 29.8 Å².